The molecule has 1 radical (unpaired) electrons. The van der Waals surface area contributed by atoms with Crippen molar-refractivity contribution in [3.8, 4) is 0 Å². The molecule has 0 unspecified atom stereocenters. The fourth-order valence-electron chi connectivity index (χ4n) is 1.69. The Kier molecular flexibility index (Phi) is 2.67. The summed E-state index contributed by atoms with van der Waals surface area (Å²) >= 11 is 0. The highest BCUT2D eigenvalue weighted by Crippen LogP contribution is 2.13. The summed E-state index contributed by atoms with van der Waals surface area (Å²) in [5, 5.41) is 9.06. The topological polar surface area (TPSA) is 59.3 Å². The van der Waals surface area contributed by atoms with Crippen molar-refractivity contribution in [3.05, 3.63) is 46.0 Å². The molecule has 1 heterocycles. The number of carbonyl (C=O) groups is 1. The summed E-state index contributed by atoms with van der Waals surface area (Å²) in [6, 6.07) is 4.79. The molecule has 0 saturated carbocycles. The number of pyridine rings is 1. The zero-order valence-corrected chi connectivity index (χ0v) is 9.03. The van der Waals surface area contributed by atoms with Gasteiger partial charge in [0, 0.05) is 24.2 Å². The summed E-state index contributed by atoms with van der Waals surface area (Å²) in [5.74, 6) is -1.87. The maximum atomic E-state index is 13.1. The van der Waals surface area contributed by atoms with Crippen LogP contribution in [0, 0.1) is 11.9 Å². The van der Waals surface area contributed by atoms with E-state index in [1.165, 1.54) is 16.8 Å². The van der Waals surface area contributed by atoms with E-state index in [0.29, 0.717) is 6.54 Å². The molecule has 0 fully saturated rings. The quantitative estimate of drug-likeness (QED) is 0.859. The van der Waals surface area contributed by atoms with Crippen LogP contribution in [0.1, 0.15) is 17.3 Å². The lowest BCUT2D eigenvalue weighted by molar-refractivity contribution is 0.0695. The Labute approximate surface area is 95.9 Å². The summed E-state index contributed by atoms with van der Waals surface area (Å²) in [6.07, 6.45) is 1.21. The van der Waals surface area contributed by atoms with Crippen molar-refractivity contribution in [2.24, 2.45) is 0 Å². The number of hydrogen-bond donors (Lipinski definition) is 1. The number of aromatic nitrogens is 1. The van der Waals surface area contributed by atoms with Gasteiger partial charge in [-0.25, -0.2) is 9.18 Å². The van der Waals surface area contributed by atoms with Crippen LogP contribution in [0.25, 0.3) is 10.9 Å². The Morgan fingerprint density at radius 2 is 2.24 bits per heavy atom. The van der Waals surface area contributed by atoms with E-state index in [4.69, 9.17) is 5.11 Å². The number of rotatable bonds is 2. The van der Waals surface area contributed by atoms with Gasteiger partial charge in [0.1, 0.15) is 11.4 Å². The average Bonchev–Trinajstić information content (AvgIpc) is 2.29. The molecule has 0 saturated heterocycles. The minimum Gasteiger partial charge on any atom is -0.477 e. The van der Waals surface area contributed by atoms with Crippen LogP contribution in [0.2, 0.25) is 0 Å². The van der Waals surface area contributed by atoms with E-state index in [9.17, 15) is 14.0 Å². The molecule has 87 valence electrons. The average molecular weight is 234 g/mol. The Hall–Kier alpha value is -2.17. The van der Waals surface area contributed by atoms with Gasteiger partial charge in [-0.05, 0) is 19.1 Å². The van der Waals surface area contributed by atoms with Crippen LogP contribution in [0.4, 0.5) is 4.39 Å². The van der Waals surface area contributed by atoms with Gasteiger partial charge in [0.2, 0.25) is 5.43 Å². The number of fused-ring (bicyclic) bond motifs is 1. The lowest BCUT2D eigenvalue weighted by Gasteiger charge is -2.09. The normalized spacial score (nSPS) is 10.7. The summed E-state index contributed by atoms with van der Waals surface area (Å²) in [6.45, 7) is 2.20. The smallest absolute Gasteiger partial charge is 0.341 e. The highest BCUT2D eigenvalue weighted by Gasteiger charge is 2.14. The monoisotopic (exact) mass is 234 g/mol. The van der Waals surface area contributed by atoms with Gasteiger partial charge in [0.15, 0.2) is 0 Å². The molecule has 1 aromatic carbocycles. The molecule has 0 aliphatic rings. The van der Waals surface area contributed by atoms with Crippen LogP contribution in [0.5, 0.6) is 0 Å². The van der Waals surface area contributed by atoms with Gasteiger partial charge in [-0.3, -0.25) is 4.79 Å². The molecule has 0 aliphatic heterocycles. The van der Waals surface area contributed by atoms with Gasteiger partial charge >= 0.3 is 5.97 Å². The van der Waals surface area contributed by atoms with E-state index in [-0.39, 0.29) is 16.5 Å². The first kappa shape index (κ1) is 11.3. The standard InChI is InChI=1S/C12H9FNO3/c1-2-14-6-9(12(16)17)11(15)8-4-3-7(13)5-10(8)14/h3-4,6H,2H2,1H3,(H,16,17). The van der Waals surface area contributed by atoms with Crippen molar-refractivity contribution < 1.29 is 14.3 Å². The summed E-state index contributed by atoms with van der Waals surface area (Å²) < 4.78 is 14.5. The maximum absolute atomic E-state index is 13.1. The lowest BCUT2D eigenvalue weighted by atomic mass is 10.1. The third-order valence-electron chi connectivity index (χ3n) is 2.52. The molecule has 2 rings (SSSR count). The third kappa shape index (κ3) is 1.80. The first-order valence-electron chi connectivity index (χ1n) is 5.03. The highest BCUT2D eigenvalue weighted by molar-refractivity contribution is 5.92. The van der Waals surface area contributed by atoms with E-state index < -0.39 is 17.2 Å². The SMILES string of the molecule is CCn1cc(C(=O)O)c(=O)c2ccc(F)[c]c21. The third-order valence-corrected chi connectivity index (χ3v) is 2.52. The zero-order chi connectivity index (χ0) is 12.6. The second-order valence-electron chi connectivity index (χ2n) is 3.53. The number of carboxylic acid groups (broad SMARTS) is 1. The number of aryl methyl sites for hydroxylation is 1. The van der Waals surface area contributed by atoms with Crippen LogP contribution in [-0.2, 0) is 6.54 Å². The number of halogens is 1. The van der Waals surface area contributed by atoms with E-state index in [2.05, 4.69) is 6.07 Å². The van der Waals surface area contributed by atoms with Crippen molar-refractivity contribution in [2.75, 3.05) is 0 Å². The second kappa shape index (κ2) is 4.01. The van der Waals surface area contributed by atoms with E-state index >= 15 is 0 Å². The van der Waals surface area contributed by atoms with Crippen LogP contribution in [0.3, 0.4) is 0 Å². The molecule has 0 amide bonds. The number of carboxylic acids is 1. The number of nitrogens with zero attached hydrogens (tertiary/aromatic N) is 1. The number of aromatic carboxylic acids is 1. The van der Waals surface area contributed by atoms with Gasteiger partial charge in [0.05, 0.1) is 5.52 Å². The van der Waals surface area contributed by atoms with Gasteiger partial charge in [-0.15, -0.1) is 0 Å². The predicted octanol–water partition coefficient (Wildman–Crippen LogP) is 1.66. The maximum Gasteiger partial charge on any atom is 0.341 e. The highest BCUT2D eigenvalue weighted by atomic mass is 19.1. The number of benzene rings is 1. The second-order valence-corrected chi connectivity index (χ2v) is 3.53. The Morgan fingerprint density at radius 1 is 1.53 bits per heavy atom. The molecule has 17 heavy (non-hydrogen) atoms. The van der Waals surface area contributed by atoms with Crippen LogP contribution >= 0.6 is 0 Å². The molecular weight excluding hydrogens is 225 g/mol. The van der Waals surface area contributed by atoms with Crippen LogP contribution < -0.4 is 5.43 Å². The minimum atomic E-state index is -1.29. The Morgan fingerprint density at radius 3 is 2.82 bits per heavy atom. The van der Waals surface area contributed by atoms with Gasteiger partial charge in [0.25, 0.3) is 0 Å². The van der Waals surface area contributed by atoms with E-state index in [0.717, 1.165) is 6.07 Å². The summed E-state index contributed by atoms with van der Waals surface area (Å²) in [5.41, 5.74) is -0.657. The minimum absolute atomic E-state index is 0.160. The van der Waals surface area contributed by atoms with Gasteiger partial charge in [-0.2, -0.15) is 0 Å². The molecule has 0 atom stereocenters. The molecule has 0 aliphatic carbocycles. The largest absolute Gasteiger partial charge is 0.477 e. The molecule has 2 aromatic rings. The van der Waals surface area contributed by atoms with E-state index in [1.807, 2.05) is 0 Å². The Bertz CT molecular complexity index is 661. The van der Waals surface area contributed by atoms with Crippen molar-refractivity contribution >= 4 is 16.9 Å². The first-order chi connectivity index (χ1) is 8.04. The van der Waals surface area contributed by atoms with Crippen molar-refractivity contribution in [3.63, 3.8) is 0 Å². The summed E-state index contributed by atoms with van der Waals surface area (Å²) in [4.78, 5) is 22.7. The Balaban J connectivity index is 2.95. The van der Waals surface area contributed by atoms with Gasteiger partial charge < -0.3 is 9.67 Å². The van der Waals surface area contributed by atoms with Crippen molar-refractivity contribution in [2.45, 2.75) is 13.5 Å². The molecule has 5 heteroatoms. The fourth-order valence-corrected chi connectivity index (χ4v) is 1.69. The number of hydrogen-bond acceptors (Lipinski definition) is 2. The molecule has 0 bridgehead atoms. The van der Waals surface area contributed by atoms with Gasteiger partial charge in [-0.1, -0.05) is 0 Å². The van der Waals surface area contributed by atoms with Crippen molar-refractivity contribution in [1.82, 2.24) is 4.57 Å². The molecule has 4 nitrogen and oxygen atoms in total. The molecule has 1 N–H and O–H groups in total. The van der Waals surface area contributed by atoms with Crippen LogP contribution in [-0.4, -0.2) is 15.6 Å². The van der Waals surface area contributed by atoms with E-state index in [1.54, 1.807) is 6.92 Å². The lowest BCUT2D eigenvalue weighted by Crippen LogP contribution is -2.18. The molecule has 0 spiro atoms. The fraction of sp³-hybridized carbons (Fsp3) is 0.167. The predicted molar refractivity (Wildman–Crippen MR) is 59.6 cm³/mol. The zero-order valence-electron chi connectivity index (χ0n) is 9.03. The van der Waals surface area contributed by atoms with Crippen LogP contribution in [0.15, 0.2) is 23.1 Å². The summed E-state index contributed by atoms with van der Waals surface area (Å²) in [7, 11) is 0. The first-order valence-corrected chi connectivity index (χ1v) is 5.03. The van der Waals surface area contributed by atoms with Crippen molar-refractivity contribution in [1.29, 1.82) is 0 Å². The molecule has 1 aromatic heterocycles. The molecular formula is C12H9FNO3.